The summed E-state index contributed by atoms with van der Waals surface area (Å²) in [7, 11) is 0. The topological polar surface area (TPSA) is 29.5 Å². The molecule has 0 radical (unpaired) electrons. The molecule has 10 aromatic rings. The molecule has 2 heterocycles. The molecule has 0 aliphatic heterocycles. The van der Waals surface area contributed by atoms with Crippen molar-refractivity contribution >= 4 is 71.7 Å². The van der Waals surface area contributed by atoms with Crippen molar-refractivity contribution in [1.29, 1.82) is 0 Å². The van der Waals surface area contributed by atoms with Gasteiger partial charge in [-0.3, -0.25) is 0 Å². The molecular formula is C46H29NO2. The van der Waals surface area contributed by atoms with Gasteiger partial charge in [0, 0.05) is 27.4 Å². The summed E-state index contributed by atoms with van der Waals surface area (Å²) in [6.07, 6.45) is 0. The van der Waals surface area contributed by atoms with Crippen LogP contribution in [0.3, 0.4) is 0 Å². The van der Waals surface area contributed by atoms with Crippen LogP contribution in [0.1, 0.15) is 0 Å². The van der Waals surface area contributed by atoms with Crippen LogP contribution in [-0.2, 0) is 0 Å². The maximum Gasteiger partial charge on any atom is 0.137 e. The van der Waals surface area contributed by atoms with Gasteiger partial charge in [-0.15, -0.1) is 0 Å². The molecule has 2 aromatic heterocycles. The highest BCUT2D eigenvalue weighted by molar-refractivity contribution is 6.14. The standard InChI is InChI=1S/C46H29NO2/c1-2-11-32-28-34(21-20-30(32)10-1)36-12-3-6-15-40(36)47(41-16-9-19-45-46(41)38-14-5-8-18-43(38)49-45)35-25-22-31(23-26-35)33-24-27-44-39(29-33)37-13-4-7-17-42(37)48-44/h1-29H. The van der Waals surface area contributed by atoms with Crippen LogP contribution in [0.2, 0.25) is 0 Å². The van der Waals surface area contributed by atoms with Gasteiger partial charge in [-0.05, 0) is 88.1 Å². The lowest BCUT2D eigenvalue weighted by atomic mass is 9.98. The maximum absolute atomic E-state index is 6.38. The van der Waals surface area contributed by atoms with Gasteiger partial charge in [0.15, 0.2) is 0 Å². The van der Waals surface area contributed by atoms with Gasteiger partial charge in [-0.25, -0.2) is 0 Å². The third kappa shape index (κ3) is 4.51. The van der Waals surface area contributed by atoms with Crippen LogP contribution in [0.4, 0.5) is 17.1 Å². The van der Waals surface area contributed by atoms with Crippen LogP contribution in [0.5, 0.6) is 0 Å². The summed E-state index contributed by atoms with van der Waals surface area (Å²) in [5, 5.41) is 6.89. The van der Waals surface area contributed by atoms with E-state index in [2.05, 4.69) is 157 Å². The molecule has 0 fully saturated rings. The number of para-hydroxylation sites is 3. The number of hydrogen-bond acceptors (Lipinski definition) is 3. The molecule has 0 spiro atoms. The van der Waals surface area contributed by atoms with E-state index in [1.165, 1.54) is 16.3 Å². The molecule has 0 atom stereocenters. The quantitative estimate of drug-likeness (QED) is 0.190. The highest BCUT2D eigenvalue weighted by Gasteiger charge is 2.22. The van der Waals surface area contributed by atoms with Gasteiger partial charge < -0.3 is 13.7 Å². The van der Waals surface area contributed by atoms with Gasteiger partial charge in [0.05, 0.1) is 16.8 Å². The number of hydrogen-bond donors (Lipinski definition) is 0. The van der Waals surface area contributed by atoms with E-state index >= 15 is 0 Å². The Bertz CT molecular complexity index is 2840. The monoisotopic (exact) mass is 627 g/mol. The minimum Gasteiger partial charge on any atom is -0.456 e. The first-order valence-corrected chi connectivity index (χ1v) is 16.6. The highest BCUT2D eigenvalue weighted by atomic mass is 16.3. The number of anilines is 3. The van der Waals surface area contributed by atoms with Gasteiger partial charge in [0.25, 0.3) is 0 Å². The van der Waals surface area contributed by atoms with Crippen molar-refractivity contribution < 1.29 is 8.83 Å². The maximum atomic E-state index is 6.38. The second-order valence-corrected chi connectivity index (χ2v) is 12.5. The molecule has 3 heteroatoms. The molecule has 0 saturated heterocycles. The second-order valence-electron chi connectivity index (χ2n) is 12.5. The largest absolute Gasteiger partial charge is 0.456 e. The molecule has 0 bridgehead atoms. The Morgan fingerprint density at radius 2 is 0.959 bits per heavy atom. The van der Waals surface area contributed by atoms with Crippen molar-refractivity contribution in [2.75, 3.05) is 4.90 Å². The van der Waals surface area contributed by atoms with Crippen molar-refractivity contribution in [3.05, 3.63) is 176 Å². The predicted molar refractivity (Wildman–Crippen MR) is 204 cm³/mol. The van der Waals surface area contributed by atoms with Crippen molar-refractivity contribution in [2.24, 2.45) is 0 Å². The fraction of sp³-hybridized carbons (Fsp3) is 0. The van der Waals surface area contributed by atoms with E-state index in [9.17, 15) is 0 Å². The Labute approximate surface area is 282 Å². The number of benzene rings is 8. The van der Waals surface area contributed by atoms with Crippen molar-refractivity contribution in [1.82, 2.24) is 0 Å². The van der Waals surface area contributed by atoms with E-state index in [4.69, 9.17) is 8.83 Å². The Hall–Kier alpha value is -6.58. The van der Waals surface area contributed by atoms with Crippen molar-refractivity contribution in [3.8, 4) is 22.3 Å². The lowest BCUT2D eigenvalue weighted by Gasteiger charge is -2.28. The minimum atomic E-state index is 0.865. The first kappa shape index (κ1) is 27.5. The first-order chi connectivity index (χ1) is 24.3. The zero-order chi connectivity index (χ0) is 32.3. The smallest absolute Gasteiger partial charge is 0.137 e. The van der Waals surface area contributed by atoms with E-state index in [-0.39, 0.29) is 0 Å². The molecular weight excluding hydrogens is 599 g/mol. The third-order valence-electron chi connectivity index (χ3n) is 9.66. The molecule has 49 heavy (non-hydrogen) atoms. The van der Waals surface area contributed by atoms with Crippen molar-refractivity contribution in [2.45, 2.75) is 0 Å². The zero-order valence-corrected chi connectivity index (χ0v) is 26.5. The normalized spacial score (nSPS) is 11.7. The van der Waals surface area contributed by atoms with Crippen LogP contribution < -0.4 is 4.90 Å². The molecule has 3 nitrogen and oxygen atoms in total. The summed E-state index contributed by atoms with van der Waals surface area (Å²) < 4.78 is 12.5. The summed E-state index contributed by atoms with van der Waals surface area (Å²) in [6.45, 7) is 0. The molecule has 0 aliphatic rings. The number of rotatable bonds is 5. The zero-order valence-electron chi connectivity index (χ0n) is 26.5. The molecule has 0 saturated carbocycles. The fourth-order valence-corrected chi connectivity index (χ4v) is 7.33. The molecule has 0 aliphatic carbocycles. The van der Waals surface area contributed by atoms with Gasteiger partial charge >= 0.3 is 0 Å². The Balaban J connectivity index is 1.17. The first-order valence-electron chi connectivity index (χ1n) is 16.6. The van der Waals surface area contributed by atoms with Gasteiger partial charge in [-0.1, -0.05) is 115 Å². The van der Waals surface area contributed by atoms with Gasteiger partial charge in [0.1, 0.15) is 22.3 Å². The lowest BCUT2D eigenvalue weighted by Crippen LogP contribution is -2.11. The molecule has 230 valence electrons. The summed E-state index contributed by atoms with van der Waals surface area (Å²) in [4.78, 5) is 2.38. The van der Waals surface area contributed by atoms with Crippen LogP contribution in [0.15, 0.2) is 185 Å². The van der Waals surface area contributed by atoms with Gasteiger partial charge in [-0.2, -0.15) is 0 Å². The molecule has 10 rings (SSSR count). The second kappa shape index (κ2) is 11.0. The summed E-state index contributed by atoms with van der Waals surface area (Å²) in [6, 6.07) is 62.2. The summed E-state index contributed by atoms with van der Waals surface area (Å²) >= 11 is 0. The minimum absolute atomic E-state index is 0.865. The van der Waals surface area contributed by atoms with Crippen LogP contribution >= 0.6 is 0 Å². The SMILES string of the molecule is c1ccc(N(c2ccc(-c3ccc4oc5ccccc5c4c3)cc2)c2cccc3oc4ccccc4c23)c(-c2ccc3ccccc3c2)c1. The van der Waals surface area contributed by atoms with Gasteiger partial charge in [0.2, 0.25) is 0 Å². The summed E-state index contributed by atoms with van der Waals surface area (Å²) in [5.41, 5.74) is 11.4. The fourth-order valence-electron chi connectivity index (χ4n) is 7.33. The number of furan rings is 2. The van der Waals surface area contributed by atoms with E-state index in [0.717, 1.165) is 77.6 Å². The van der Waals surface area contributed by atoms with Crippen LogP contribution in [0.25, 0.3) is 76.9 Å². The van der Waals surface area contributed by atoms with E-state index < -0.39 is 0 Å². The van der Waals surface area contributed by atoms with E-state index in [1.54, 1.807) is 0 Å². The third-order valence-corrected chi connectivity index (χ3v) is 9.66. The predicted octanol–water partition coefficient (Wildman–Crippen LogP) is 13.4. The van der Waals surface area contributed by atoms with Crippen LogP contribution in [0, 0.1) is 0 Å². The molecule has 0 amide bonds. The summed E-state index contributed by atoms with van der Waals surface area (Å²) in [5.74, 6) is 0. The molecule has 0 unspecified atom stereocenters. The van der Waals surface area contributed by atoms with Crippen molar-refractivity contribution in [3.63, 3.8) is 0 Å². The Kier molecular flexibility index (Phi) is 6.18. The average Bonchev–Trinajstić information content (AvgIpc) is 3.74. The molecule has 0 N–H and O–H groups in total. The highest BCUT2D eigenvalue weighted by Crippen LogP contribution is 2.46. The number of nitrogens with zero attached hydrogens (tertiary/aromatic N) is 1. The lowest BCUT2D eigenvalue weighted by molar-refractivity contribution is 0.668. The molecule has 8 aromatic carbocycles. The number of fused-ring (bicyclic) bond motifs is 7. The van der Waals surface area contributed by atoms with Crippen LogP contribution in [-0.4, -0.2) is 0 Å². The Morgan fingerprint density at radius 3 is 1.84 bits per heavy atom. The van der Waals surface area contributed by atoms with E-state index in [0.29, 0.717) is 0 Å². The van der Waals surface area contributed by atoms with E-state index in [1.807, 2.05) is 24.3 Å². The Morgan fingerprint density at radius 1 is 0.347 bits per heavy atom. The average molecular weight is 628 g/mol.